The van der Waals surface area contributed by atoms with E-state index in [1.54, 1.807) is 6.92 Å². The van der Waals surface area contributed by atoms with Crippen molar-refractivity contribution in [3.05, 3.63) is 11.7 Å². The smallest absolute Gasteiger partial charge is 0.229 e. The van der Waals surface area contributed by atoms with Gasteiger partial charge in [0.1, 0.15) is 0 Å². The van der Waals surface area contributed by atoms with E-state index in [-0.39, 0.29) is 17.9 Å². The molecule has 7 heteroatoms. The second kappa shape index (κ2) is 7.61. The number of aromatic nitrogens is 2. The highest BCUT2D eigenvalue weighted by molar-refractivity contribution is 5.73. The Kier molecular flexibility index (Phi) is 5.50. The fourth-order valence-electron chi connectivity index (χ4n) is 3.52. The molecule has 134 valence electrons. The van der Waals surface area contributed by atoms with Crippen molar-refractivity contribution in [2.24, 2.45) is 0 Å². The molecule has 0 N–H and O–H groups in total. The van der Waals surface area contributed by atoms with Crippen LogP contribution in [0.4, 0.5) is 0 Å². The van der Waals surface area contributed by atoms with E-state index < -0.39 is 0 Å². The van der Waals surface area contributed by atoms with Crippen LogP contribution in [0.5, 0.6) is 0 Å². The van der Waals surface area contributed by atoms with Crippen LogP contribution in [0.15, 0.2) is 4.52 Å². The number of hydrogen-bond acceptors (Lipinski definition) is 6. The van der Waals surface area contributed by atoms with Crippen molar-refractivity contribution in [1.82, 2.24) is 19.9 Å². The molecular formula is C17H28N4O3. The van der Waals surface area contributed by atoms with Gasteiger partial charge in [-0.2, -0.15) is 4.98 Å². The Bertz CT molecular complexity index is 554. The van der Waals surface area contributed by atoms with Crippen molar-refractivity contribution in [3.63, 3.8) is 0 Å². The quantitative estimate of drug-likeness (QED) is 0.789. The number of carbonyl (C=O) groups excluding carboxylic acids is 1. The normalized spacial score (nSPS) is 24.8. The minimum Gasteiger partial charge on any atom is -0.377 e. The average Bonchev–Trinajstić information content (AvgIpc) is 3.26. The lowest BCUT2D eigenvalue weighted by molar-refractivity contribution is -0.131. The van der Waals surface area contributed by atoms with Crippen LogP contribution in [-0.4, -0.2) is 64.2 Å². The van der Waals surface area contributed by atoms with Gasteiger partial charge >= 0.3 is 0 Å². The van der Waals surface area contributed by atoms with Crippen LogP contribution in [0.3, 0.4) is 0 Å². The van der Waals surface area contributed by atoms with E-state index in [9.17, 15) is 4.79 Å². The molecule has 3 rings (SSSR count). The molecule has 3 heterocycles. The number of nitrogens with zero attached hydrogens (tertiary/aromatic N) is 4. The average molecular weight is 336 g/mol. The summed E-state index contributed by atoms with van der Waals surface area (Å²) in [7, 11) is 0. The Morgan fingerprint density at radius 2 is 2.25 bits per heavy atom. The van der Waals surface area contributed by atoms with Crippen molar-refractivity contribution >= 4 is 5.91 Å². The molecule has 1 amide bonds. The summed E-state index contributed by atoms with van der Waals surface area (Å²) in [6.45, 7) is 9.84. The molecule has 1 aromatic heterocycles. The van der Waals surface area contributed by atoms with Crippen LogP contribution in [0.2, 0.25) is 0 Å². The third-order valence-electron chi connectivity index (χ3n) is 4.87. The molecule has 0 aromatic carbocycles. The van der Waals surface area contributed by atoms with E-state index in [1.807, 2.05) is 18.7 Å². The van der Waals surface area contributed by atoms with E-state index >= 15 is 0 Å². The van der Waals surface area contributed by atoms with Gasteiger partial charge in [-0.3, -0.25) is 9.69 Å². The first kappa shape index (κ1) is 17.4. The molecule has 0 spiro atoms. The van der Waals surface area contributed by atoms with Gasteiger partial charge in [0, 0.05) is 45.1 Å². The first-order valence-electron chi connectivity index (χ1n) is 8.96. The maximum absolute atomic E-state index is 12.1. The highest BCUT2D eigenvalue weighted by Gasteiger charge is 2.32. The molecule has 0 saturated carbocycles. The van der Waals surface area contributed by atoms with Gasteiger partial charge in [-0.05, 0) is 19.3 Å². The number of amides is 1. The van der Waals surface area contributed by atoms with Crippen LogP contribution in [0, 0.1) is 0 Å². The van der Waals surface area contributed by atoms with Gasteiger partial charge in [0.15, 0.2) is 5.82 Å². The Morgan fingerprint density at radius 1 is 1.42 bits per heavy atom. The van der Waals surface area contributed by atoms with Gasteiger partial charge in [-0.25, -0.2) is 0 Å². The third kappa shape index (κ3) is 4.13. The van der Waals surface area contributed by atoms with Crippen molar-refractivity contribution in [2.75, 3.05) is 26.2 Å². The number of hydrogen-bond donors (Lipinski definition) is 0. The molecule has 0 aliphatic carbocycles. The summed E-state index contributed by atoms with van der Waals surface area (Å²) in [5, 5.41) is 4.02. The van der Waals surface area contributed by atoms with Gasteiger partial charge in [0.25, 0.3) is 0 Å². The first-order valence-corrected chi connectivity index (χ1v) is 8.96. The first-order chi connectivity index (χ1) is 11.5. The minimum atomic E-state index is 0.0647. The Hall–Kier alpha value is -1.47. The Balaban J connectivity index is 1.58. The van der Waals surface area contributed by atoms with Crippen LogP contribution in [0.25, 0.3) is 0 Å². The van der Waals surface area contributed by atoms with E-state index in [0.717, 1.165) is 45.5 Å². The zero-order chi connectivity index (χ0) is 17.1. The molecule has 2 aliphatic heterocycles. The Morgan fingerprint density at radius 3 is 2.88 bits per heavy atom. The fraction of sp³-hybridized carbons (Fsp3) is 0.824. The molecule has 2 unspecified atom stereocenters. The van der Waals surface area contributed by atoms with Crippen LogP contribution in [-0.2, 0) is 16.1 Å². The highest BCUT2D eigenvalue weighted by atomic mass is 16.5. The van der Waals surface area contributed by atoms with Crippen molar-refractivity contribution in [3.8, 4) is 0 Å². The predicted octanol–water partition coefficient (Wildman–Crippen LogP) is 1.79. The molecule has 2 fully saturated rings. The van der Waals surface area contributed by atoms with Gasteiger partial charge in [-0.15, -0.1) is 0 Å². The van der Waals surface area contributed by atoms with E-state index in [4.69, 9.17) is 9.26 Å². The second-order valence-electron chi connectivity index (χ2n) is 7.19. The molecule has 2 atom stereocenters. The van der Waals surface area contributed by atoms with Gasteiger partial charge in [0.2, 0.25) is 11.8 Å². The summed E-state index contributed by atoms with van der Waals surface area (Å²) in [5.74, 6) is 1.48. The molecule has 1 aromatic rings. The standard InChI is InChI=1S/C17H28N4O3/c1-12(2)17-18-16(19-24-17)11-21(13(3)22)14-6-7-20(9-14)10-15-5-4-8-23-15/h12,14-15H,4-11H2,1-3H3. The lowest BCUT2D eigenvalue weighted by atomic mass is 10.2. The van der Waals surface area contributed by atoms with E-state index in [2.05, 4.69) is 15.0 Å². The number of rotatable bonds is 6. The molecule has 24 heavy (non-hydrogen) atoms. The summed E-state index contributed by atoms with van der Waals surface area (Å²) in [6.07, 6.45) is 3.66. The van der Waals surface area contributed by atoms with Crippen molar-refractivity contribution in [1.29, 1.82) is 0 Å². The van der Waals surface area contributed by atoms with Crippen molar-refractivity contribution in [2.45, 2.75) is 64.6 Å². The highest BCUT2D eigenvalue weighted by Crippen LogP contribution is 2.21. The summed E-state index contributed by atoms with van der Waals surface area (Å²) in [6, 6.07) is 0.213. The third-order valence-corrected chi connectivity index (χ3v) is 4.87. The Labute approximate surface area is 143 Å². The summed E-state index contributed by atoms with van der Waals surface area (Å²) in [5.41, 5.74) is 0. The molecule has 0 radical (unpaired) electrons. The number of ether oxygens (including phenoxy) is 1. The van der Waals surface area contributed by atoms with Gasteiger partial charge in [-0.1, -0.05) is 19.0 Å². The van der Waals surface area contributed by atoms with Crippen LogP contribution >= 0.6 is 0 Å². The second-order valence-corrected chi connectivity index (χ2v) is 7.19. The number of carbonyl (C=O) groups is 1. The lowest BCUT2D eigenvalue weighted by Gasteiger charge is -2.27. The van der Waals surface area contributed by atoms with Crippen LogP contribution < -0.4 is 0 Å². The maximum atomic E-state index is 12.1. The molecule has 7 nitrogen and oxygen atoms in total. The van der Waals surface area contributed by atoms with Crippen LogP contribution in [0.1, 0.15) is 57.7 Å². The van der Waals surface area contributed by atoms with Crippen molar-refractivity contribution < 1.29 is 14.1 Å². The molecule has 2 aliphatic rings. The van der Waals surface area contributed by atoms with Gasteiger partial charge in [0.05, 0.1) is 12.6 Å². The SMILES string of the molecule is CC(=O)N(Cc1noc(C(C)C)n1)C1CCN(CC2CCCO2)C1. The summed E-state index contributed by atoms with van der Waals surface area (Å²) in [4.78, 5) is 20.8. The number of likely N-dealkylation sites (tertiary alicyclic amines) is 1. The maximum Gasteiger partial charge on any atom is 0.229 e. The van der Waals surface area contributed by atoms with E-state index in [1.165, 1.54) is 0 Å². The molecule has 0 bridgehead atoms. The zero-order valence-electron chi connectivity index (χ0n) is 14.9. The van der Waals surface area contributed by atoms with E-state index in [0.29, 0.717) is 24.4 Å². The topological polar surface area (TPSA) is 71.7 Å². The molecular weight excluding hydrogens is 308 g/mol. The zero-order valence-corrected chi connectivity index (χ0v) is 14.9. The fourth-order valence-corrected chi connectivity index (χ4v) is 3.52. The minimum absolute atomic E-state index is 0.0647. The molecule has 2 saturated heterocycles. The summed E-state index contributed by atoms with van der Waals surface area (Å²) < 4.78 is 11.0. The summed E-state index contributed by atoms with van der Waals surface area (Å²) >= 11 is 0. The predicted molar refractivity (Wildman–Crippen MR) is 88.4 cm³/mol. The largest absolute Gasteiger partial charge is 0.377 e. The monoisotopic (exact) mass is 336 g/mol. The lowest BCUT2D eigenvalue weighted by Crippen LogP contribution is -2.41. The van der Waals surface area contributed by atoms with Gasteiger partial charge < -0.3 is 14.2 Å².